The Bertz CT molecular complexity index is 366. The van der Waals surface area contributed by atoms with Gasteiger partial charge in [-0.1, -0.05) is 0 Å². The monoisotopic (exact) mass is 307 g/mol. The lowest BCUT2D eigenvalue weighted by Crippen LogP contribution is -2.36. The van der Waals surface area contributed by atoms with Gasteiger partial charge in [-0.2, -0.15) is 0 Å². The lowest BCUT2D eigenvalue weighted by molar-refractivity contribution is -0.0579. The van der Waals surface area contributed by atoms with E-state index in [9.17, 15) is 13.0 Å². The van der Waals surface area contributed by atoms with E-state index >= 15 is 0 Å². The lowest BCUT2D eigenvalue weighted by atomic mass is 10.4. The Balaban J connectivity index is 3.94. The van der Waals surface area contributed by atoms with Crippen molar-refractivity contribution >= 4 is 17.8 Å². The molecular weight excluding hydrogens is 289 g/mol. The molecule has 0 amide bonds. The van der Waals surface area contributed by atoms with E-state index in [0.717, 1.165) is 6.26 Å². The standard InChI is InChI=1S/C7H18NO8PS/c1-3-15-7(4-8-18(2,12)13)5-14-6-16-17(9,10)11/h7-8H,3-6H2,1-2H3,(H2,9,10,11). The molecule has 0 aromatic carbocycles. The molecule has 0 saturated carbocycles. The molecule has 0 fully saturated rings. The molecule has 0 bridgehead atoms. The van der Waals surface area contributed by atoms with Crippen LogP contribution in [-0.4, -0.2) is 57.1 Å². The summed E-state index contributed by atoms with van der Waals surface area (Å²) in [5.41, 5.74) is 0. The summed E-state index contributed by atoms with van der Waals surface area (Å²) >= 11 is 0. The maximum Gasteiger partial charge on any atom is 0.471 e. The molecular formula is C7H18NO8PS. The van der Waals surface area contributed by atoms with Crippen molar-refractivity contribution in [1.29, 1.82) is 0 Å². The molecule has 0 aromatic rings. The number of phosphoric ester groups is 1. The van der Waals surface area contributed by atoms with E-state index < -0.39 is 30.7 Å². The van der Waals surface area contributed by atoms with Crippen molar-refractivity contribution in [2.24, 2.45) is 0 Å². The zero-order valence-corrected chi connectivity index (χ0v) is 11.8. The summed E-state index contributed by atoms with van der Waals surface area (Å²) in [6, 6.07) is 0. The molecule has 0 radical (unpaired) electrons. The van der Waals surface area contributed by atoms with Crippen molar-refractivity contribution in [1.82, 2.24) is 4.72 Å². The molecule has 0 saturated heterocycles. The largest absolute Gasteiger partial charge is 0.471 e. The molecule has 3 N–H and O–H groups in total. The Morgan fingerprint density at radius 2 is 2.00 bits per heavy atom. The molecule has 0 rings (SSSR count). The first kappa shape index (κ1) is 17.9. The molecule has 110 valence electrons. The zero-order chi connectivity index (χ0) is 14.2. The van der Waals surface area contributed by atoms with Gasteiger partial charge in [0.1, 0.15) is 0 Å². The van der Waals surface area contributed by atoms with Crippen LogP contribution in [0.3, 0.4) is 0 Å². The van der Waals surface area contributed by atoms with Crippen LogP contribution in [0.1, 0.15) is 6.92 Å². The van der Waals surface area contributed by atoms with Crippen LogP contribution in [0.4, 0.5) is 0 Å². The molecule has 18 heavy (non-hydrogen) atoms. The molecule has 0 aliphatic rings. The summed E-state index contributed by atoms with van der Waals surface area (Å²) in [6.07, 6.45) is 0.443. The lowest BCUT2D eigenvalue weighted by Gasteiger charge is -2.17. The Kier molecular flexibility index (Phi) is 8.15. The van der Waals surface area contributed by atoms with E-state index in [4.69, 9.17) is 19.3 Å². The summed E-state index contributed by atoms with van der Waals surface area (Å²) < 4.78 is 48.3. The number of sulfonamides is 1. The maximum absolute atomic E-state index is 10.9. The smallest absolute Gasteiger partial charge is 0.375 e. The van der Waals surface area contributed by atoms with Gasteiger partial charge in [0.05, 0.1) is 19.0 Å². The molecule has 0 aromatic heterocycles. The highest BCUT2D eigenvalue weighted by Gasteiger charge is 2.15. The van der Waals surface area contributed by atoms with E-state index in [1.54, 1.807) is 6.92 Å². The molecule has 0 aliphatic carbocycles. The number of hydrogen-bond acceptors (Lipinski definition) is 6. The van der Waals surface area contributed by atoms with Gasteiger partial charge in [0.25, 0.3) is 0 Å². The number of phosphoric acid groups is 1. The minimum atomic E-state index is -4.56. The predicted molar refractivity (Wildman–Crippen MR) is 62.2 cm³/mol. The molecule has 1 atom stereocenters. The molecule has 0 spiro atoms. The Hall–Kier alpha value is -0.0600. The first-order chi connectivity index (χ1) is 8.14. The second-order valence-corrected chi connectivity index (χ2v) is 6.38. The van der Waals surface area contributed by atoms with Crippen LogP contribution in [-0.2, 0) is 28.6 Å². The van der Waals surface area contributed by atoms with E-state index in [1.165, 1.54) is 0 Å². The molecule has 0 aliphatic heterocycles. The fraction of sp³-hybridized carbons (Fsp3) is 1.00. The fourth-order valence-corrected chi connectivity index (χ4v) is 1.63. The summed E-state index contributed by atoms with van der Waals surface area (Å²) in [5.74, 6) is 0. The summed E-state index contributed by atoms with van der Waals surface area (Å²) in [6.45, 7) is 1.41. The topological polar surface area (TPSA) is 131 Å². The predicted octanol–water partition coefficient (Wildman–Crippen LogP) is -0.976. The highest BCUT2D eigenvalue weighted by molar-refractivity contribution is 7.88. The SMILES string of the molecule is CCOC(CNS(C)(=O)=O)COCOP(=O)(O)O. The van der Waals surface area contributed by atoms with Gasteiger partial charge >= 0.3 is 7.82 Å². The molecule has 1 unspecified atom stereocenters. The van der Waals surface area contributed by atoms with Gasteiger partial charge in [-0.3, -0.25) is 4.52 Å². The van der Waals surface area contributed by atoms with Crippen LogP contribution in [0.5, 0.6) is 0 Å². The van der Waals surface area contributed by atoms with Gasteiger partial charge in [-0.15, -0.1) is 0 Å². The van der Waals surface area contributed by atoms with Gasteiger partial charge in [0.15, 0.2) is 6.79 Å². The van der Waals surface area contributed by atoms with Gasteiger partial charge in [0, 0.05) is 13.2 Å². The maximum atomic E-state index is 10.9. The number of hydrogen-bond donors (Lipinski definition) is 3. The second kappa shape index (κ2) is 8.18. The molecule has 11 heteroatoms. The second-order valence-electron chi connectivity index (χ2n) is 3.31. The number of ether oxygens (including phenoxy) is 2. The van der Waals surface area contributed by atoms with Crippen LogP contribution in [0.15, 0.2) is 0 Å². The third-order valence-electron chi connectivity index (χ3n) is 1.58. The third kappa shape index (κ3) is 12.4. The van der Waals surface area contributed by atoms with Crippen molar-refractivity contribution in [2.75, 3.05) is 32.8 Å². The normalized spacial score (nSPS) is 14.7. The number of rotatable bonds is 10. The average Bonchev–Trinajstić information content (AvgIpc) is 2.18. The van der Waals surface area contributed by atoms with Crippen molar-refractivity contribution in [3.05, 3.63) is 0 Å². The molecule has 9 nitrogen and oxygen atoms in total. The van der Waals surface area contributed by atoms with Crippen LogP contribution < -0.4 is 4.72 Å². The van der Waals surface area contributed by atoms with Gasteiger partial charge in [0.2, 0.25) is 10.0 Å². The van der Waals surface area contributed by atoms with Gasteiger partial charge < -0.3 is 19.3 Å². The van der Waals surface area contributed by atoms with Crippen molar-refractivity contribution in [2.45, 2.75) is 13.0 Å². The summed E-state index contributed by atoms with van der Waals surface area (Å²) in [5, 5.41) is 0. The van der Waals surface area contributed by atoms with E-state index in [2.05, 4.69) is 9.25 Å². The first-order valence-electron chi connectivity index (χ1n) is 4.98. The summed E-state index contributed by atoms with van der Waals surface area (Å²) in [7, 11) is -7.89. The number of nitrogens with one attached hydrogen (secondary N) is 1. The fourth-order valence-electron chi connectivity index (χ4n) is 0.931. The third-order valence-corrected chi connectivity index (χ3v) is 2.72. The van der Waals surface area contributed by atoms with Crippen molar-refractivity contribution in [3.63, 3.8) is 0 Å². The van der Waals surface area contributed by atoms with E-state index in [0.29, 0.717) is 6.61 Å². The van der Waals surface area contributed by atoms with Crippen molar-refractivity contribution in [3.8, 4) is 0 Å². The molecule has 0 heterocycles. The highest BCUT2D eigenvalue weighted by atomic mass is 32.2. The highest BCUT2D eigenvalue weighted by Crippen LogP contribution is 2.35. The summed E-state index contributed by atoms with van der Waals surface area (Å²) in [4.78, 5) is 16.8. The Morgan fingerprint density at radius 1 is 1.39 bits per heavy atom. The zero-order valence-electron chi connectivity index (χ0n) is 10.1. The van der Waals surface area contributed by atoms with E-state index in [1.807, 2.05) is 0 Å². The quantitative estimate of drug-likeness (QED) is 0.267. The van der Waals surface area contributed by atoms with E-state index in [-0.39, 0.29) is 13.2 Å². The van der Waals surface area contributed by atoms with Crippen LogP contribution in [0.25, 0.3) is 0 Å². The van der Waals surface area contributed by atoms with Gasteiger partial charge in [-0.25, -0.2) is 17.7 Å². The van der Waals surface area contributed by atoms with Crippen LogP contribution in [0, 0.1) is 0 Å². The van der Waals surface area contributed by atoms with Crippen LogP contribution in [0.2, 0.25) is 0 Å². The van der Waals surface area contributed by atoms with Crippen molar-refractivity contribution < 1.29 is 36.8 Å². The Labute approximate surface area is 106 Å². The minimum absolute atomic E-state index is 0.00256. The minimum Gasteiger partial charge on any atom is -0.375 e. The first-order valence-corrected chi connectivity index (χ1v) is 8.40. The van der Waals surface area contributed by atoms with Crippen LogP contribution >= 0.6 is 7.82 Å². The average molecular weight is 307 g/mol. The van der Waals surface area contributed by atoms with Gasteiger partial charge in [-0.05, 0) is 6.92 Å². The Morgan fingerprint density at radius 3 is 2.44 bits per heavy atom.